The maximum atomic E-state index is 12.1. The Hall–Kier alpha value is -1.39. The zero-order valence-electron chi connectivity index (χ0n) is 11.6. The van der Waals surface area contributed by atoms with Gasteiger partial charge in [-0.2, -0.15) is 0 Å². The maximum Gasteiger partial charge on any atom is 0.237 e. The van der Waals surface area contributed by atoms with Gasteiger partial charge in [0.2, 0.25) is 5.91 Å². The van der Waals surface area contributed by atoms with E-state index in [1.54, 1.807) is 0 Å². The molecule has 104 valence electrons. The number of carbonyl (C=O) groups is 1. The first-order chi connectivity index (χ1) is 9.31. The Morgan fingerprint density at radius 2 is 2.11 bits per heavy atom. The third kappa shape index (κ3) is 4.04. The van der Waals surface area contributed by atoms with E-state index in [1.165, 1.54) is 5.56 Å². The summed E-state index contributed by atoms with van der Waals surface area (Å²) in [5, 5.41) is 6.03. The van der Waals surface area contributed by atoms with E-state index in [2.05, 4.69) is 27.7 Å². The number of rotatable bonds is 6. The molecule has 0 aromatic heterocycles. The van der Waals surface area contributed by atoms with Crippen molar-refractivity contribution in [1.82, 2.24) is 15.5 Å². The smallest absolute Gasteiger partial charge is 0.237 e. The van der Waals surface area contributed by atoms with Crippen LogP contribution in [0.5, 0.6) is 0 Å². The topological polar surface area (TPSA) is 44.4 Å². The summed E-state index contributed by atoms with van der Waals surface area (Å²) in [5.41, 5.74) is 1.28. The van der Waals surface area contributed by atoms with Crippen molar-refractivity contribution in [2.24, 2.45) is 0 Å². The molecule has 0 spiro atoms. The highest BCUT2D eigenvalue weighted by molar-refractivity contribution is 5.82. The number of amides is 1. The lowest BCUT2D eigenvalue weighted by Gasteiger charge is -2.23. The Morgan fingerprint density at radius 3 is 2.84 bits per heavy atom. The zero-order valence-corrected chi connectivity index (χ0v) is 11.6. The Bertz CT molecular complexity index is 394. The van der Waals surface area contributed by atoms with Crippen LogP contribution in [-0.2, 0) is 11.3 Å². The number of nitrogens with zero attached hydrogens (tertiary/aromatic N) is 1. The summed E-state index contributed by atoms with van der Waals surface area (Å²) in [6.45, 7) is 3.39. The van der Waals surface area contributed by atoms with Crippen LogP contribution in [0.1, 0.15) is 18.4 Å². The molecule has 0 radical (unpaired) electrons. The second-order valence-electron chi connectivity index (χ2n) is 5.01. The number of benzene rings is 1. The highest BCUT2D eigenvalue weighted by Crippen LogP contribution is 2.20. The molecular formula is C15H23N3O. The van der Waals surface area contributed by atoms with Crippen molar-refractivity contribution in [3.63, 3.8) is 0 Å². The van der Waals surface area contributed by atoms with E-state index in [-0.39, 0.29) is 11.9 Å². The fourth-order valence-corrected chi connectivity index (χ4v) is 2.56. The van der Waals surface area contributed by atoms with E-state index >= 15 is 0 Å². The van der Waals surface area contributed by atoms with Gasteiger partial charge in [0.1, 0.15) is 0 Å². The van der Waals surface area contributed by atoms with Crippen LogP contribution in [0.3, 0.4) is 0 Å². The Kier molecular flexibility index (Phi) is 5.36. The summed E-state index contributed by atoms with van der Waals surface area (Å²) in [7, 11) is 1.89. The van der Waals surface area contributed by atoms with Gasteiger partial charge < -0.3 is 10.6 Å². The summed E-state index contributed by atoms with van der Waals surface area (Å²) in [5.74, 6) is 0.170. The summed E-state index contributed by atoms with van der Waals surface area (Å²) < 4.78 is 0. The lowest BCUT2D eigenvalue weighted by molar-refractivity contribution is -0.125. The molecule has 4 nitrogen and oxygen atoms in total. The fraction of sp³-hybridized carbons (Fsp3) is 0.533. The molecule has 1 amide bonds. The normalized spacial score (nSPS) is 19.5. The molecule has 1 atom stereocenters. The molecule has 1 heterocycles. The molecule has 1 unspecified atom stereocenters. The first-order valence-electron chi connectivity index (χ1n) is 7.01. The Labute approximate surface area is 115 Å². The van der Waals surface area contributed by atoms with Crippen molar-refractivity contribution in [3.05, 3.63) is 35.9 Å². The lowest BCUT2D eigenvalue weighted by atomic mass is 10.1. The van der Waals surface area contributed by atoms with E-state index < -0.39 is 0 Å². The second kappa shape index (κ2) is 7.26. The van der Waals surface area contributed by atoms with Gasteiger partial charge >= 0.3 is 0 Å². The minimum atomic E-state index is 0.0389. The molecule has 1 aliphatic heterocycles. The number of hydrogen-bond donors (Lipinski definition) is 2. The van der Waals surface area contributed by atoms with Gasteiger partial charge in [-0.15, -0.1) is 0 Å². The molecule has 0 bridgehead atoms. The summed E-state index contributed by atoms with van der Waals surface area (Å²) in [6.07, 6.45) is 2.08. The molecule has 0 aliphatic carbocycles. The van der Waals surface area contributed by atoms with Crippen molar-refractivity contribution in [1.29, 1.82) is 0 Å². The molecule has 1 aromatic carbocycles. The molecule has 4 heteroatoms. The van der Waals surface area contributed by atoms with Gasteiger partial charge in [0.15, 0.2) is 0 Å². The average Bonchev–Trinajstić information content (AvgIpc) is 2.88. The van der Waals surface area contributed by atoms with Crippen molar-refractivity contribution >= 4 is 5.91 Å². The van der Waals surface area contributed by atoms with Gasteiger partial charge in [-0.05, 0) is 32.0 Å². The number of hydrogen-bond acceptors (Lipinski definition) is 3. The van der Waals surface area contributed by atoms with E-state index in [4.69, 9.17) is 0 Å². The quantitative estimate of drug-likeness (QED) is 0.751. The van der Waals surface area contributed by atoms with Gasteiger partial charge in [0, 0.05) is 19.6 Å². The van der Waals surface area contributed by atoms with Gasteiger partial charge in [-0.1, -0.05) is 30.3 Å². The van der Waals surface area contributed by atoms with E-state index in [0.29, 0.717) is 6.54 Å². The number of likely N-dealkylation sites (N-methyl/N-ethyl adjacent to an activating group) is 1. The average molecular weight is 261 g/mol. The van der Waals surface area contributed by atoms with Crippen LogP contribution in [-0.4, -0.2) is 43.5 Å². The highest BCUT2D eigenvalue weighted by atomic mass is 16.2. The van der Waals surface area contributed by atoms with Crippen molar-refractivity contribution in [2.75, 3.05) is 26.7 Å². The van der Waals surface area contributed by atoms with Gasteiger partial charge in [-0.3, -0.25) is 9.69 Å². The molecule has 1 fully saturated rings. The van der Waals surface area contributed by atoms with Gasteiger partial charge in [0.25, 0.3) is 0 Å². The SMILES string of the molecule is CNCCNC(=O)C1CCCN1Cc1ccccc1. The van der Waals surface area contributed by atoms with E-state index in [0.717, 1.165) is 32.5 Å². The molecule has 1 aliphatic rings. The van der Waals surface area contributed by atoms with Crippen molar-refractivity contribution in [2.45, 2.75) is 25.4 Å². The van der Waals surface area contributed by atoms with Gasteiger partial charge in [0.05, 0.1) is 6.04 Å². The molecule has 1 aromatic rings. The summed E-state index contributed by atoms with van der Waals surface area (Å²) in [4.78, 5) is 14.4. The number of carbonyl (C=O) groups excluding carboxylic acids is 1. The van der Waals surface area contributed by atoms with Crippen LogP contribution in [0.15, 0.2) is 30.3 Å². The highest BCUT2D eigenvalue weighted by Gasteiger charge is 2.30. The number of nitrogens with one attached hydrogen (secondary N) is 2. The first-order valence-corrected chi connectivity index (χ1v) is 7.01. The summed E-state index contributed by atoms with van der Waals surface area (Å²) in [6, 6.07) is 10.4. The van der Waals surface area contributed by atoms with Crippen LogP contribution in [0.2, 0.25) is 0 Å². The Balaban J connectivity index is 1.88. The number of likely N-dealkylation sites (tertiary alicyclic amines) is 1. The van der Waals surface area contributed by atoms with E-state index in [1.807, 2.05) is 25.2 Å². The fourth-order valence-electron chi connectivity index (χ4n) is 2.56. The molecular weight excluding hydrogens is 238 g/mol. The third-order valence-corrected chi connectivity index (χ3v) is 3.57. The predicted molar refractivity (Wildman–Crippen MR) is 76.8 cm³/mol. The van der Waals surface area contributed by atoms with Crippen LogP contribution in [0, 0.1) is 0 Å². The van der Waals surface area contributed by atoms with Crippen LogP contribution in [0.25, 0.3) is 0 Å². The van der Waals surface area contributed by atoms with Crippen molar-refractivity contribution in [3.8, 4) is 0 Å². The molecule has 19 heavy (non-hydrogen) atoms. The monoisotopic (exact) mass is 261 g/mol. The van der Waals surface area contributed by atoms with Crippen LogP contribution in [0.4, 0.5) is 0 Å². The molecule has 0 saturated carbocycles. The summed E-state index contributed by atoms with van der Waals surface area (Å²) >= 11 is 0. The largest absolute Gasteiger partial charge is 0.353 e. The lowest BCUT2D eigenvalue weighted by Crippen LogP contribution is -2.44. The predicted octanol–water partition coefficient (Wildman–Crippen LogP) is 0.987. The molecule has 2 N–H and O–H groups in total. The third-order valence-electron chi connectivity index (χ3n) is 3.57. The van der Waals surface area contributed by atoms with Crippen LogP contribution < -0.4 is 10.6 Å². The molecule has 2 rings (SSSR count). The van der Waals surface area contributed by atoms with Crippen LogP contribution >= 0.6 is 0 Å². The van der Waals surface area contributed by atoms with Crippen molar-refractivity contribution < 1.29 is 4.79 Å². The second-order valence-corrected chi connectivity index (χ2v) is 5.01. The first kappa shape index (κ1) is 14.0. The Morgan fingerprint density at radius 1 is 1.32 bits per heavy atom. The maximum absolute atomic E-state index is 12.1. The standard InChI is InChI=1S/C15H23N3O/c1-16-9-10-17-15(19)14-8-5-11-18(14)12-13-6-3-2-4-7-13/h2-4,6-7,14,16H,5,8-12H2,1H3,(H,17,19). The zero-order chi connectivity index (χ0) is 13.5. The van der Waals surface area contributed by atoms with Gasteiger partial charge in [-0.25, -0.2) is 0 Å². The molecule has 1 saturated heterocycles. The van der Waals surface area contributed by atoms with E-state index in [9.17, 15) is 4.79 Å². The minimum absolute atomic E-state index is 0.0389. The minimum Gasteiger partial charge on any atom is -0.353 e.